The van der Waals surface area contributed by atoms with Gasteiger partial charge in [-0.1, -0.05) is 29.3 Å². The summed E-state index contributed by atoms with van der Waals surface area (Å²) < 4.78 is 5.78. The van der Waals surface area contributed by atoms with Crippen molar-refractivity contribution < 1.29 is 4.74 Å². The molecule has 110 valence electrons. The lowest BCUT2D eigenvalue weighted by molar-refractivity contribution is 0.189. The highest BCUT2D eigenvalue weighted by molar-refractivity contribution is 6.37. The largest absolute Gasteiger partial charge is 0.489 e. The molecule has 0 aliphatic carbocycles. The van der Waals surface area contributed by atoms with Crippen LogP contribution in [-0.2, 0) is 0 Å². The van der Waals surface area contributed by atoms with Crippen molar-refractivity contribution in [2.45, 2.75) is 13.0 Å². The summed E-state index contributed by atoms with van der Waals surface area (Å²) in [5.41, 5.74) is 0. The number of nitrogens with zero attached hydrogens (tertiary/aromatic N) is 1. The summed E-state index contributed by atoms with van der Waals surface area (Å²) in [6, 6.07) is 6.06. The van der Waals surface area contributed by atoms with Gasteiger partial charge >= 0.3 is 0 Å². The second-order valence-electron chi connectivity index (χ2n) is 5.72. The van der Waals surface area contributed by atoms with Crippen LogP contribution in [0.1, 0.15) is 6.92 Å². The summed E-state index contributed by atoms with van der Waals surface area (Å²) >= 11 is 12.2. The fourth-order valence-corrected chi connectivity index (χ4v) is 3.94. The molecule has 3 nitrogen and oxygen atoms in total. The maximum atomic E-state index is 6.10. The standard InChI is InChI=1S/C15H20Cl2N2O/c1-10-12-8-18-7-11(12)9-19(10)5-6-20-15-13(16)3-2-4-14(15)17/h2-4,10-12,18H,5-9H2,1H3. The van der Waals surface area contributed by atoms with Gasteiger partial charge in [0, 0.05) is 19.1 Å². The molecule has 0 aromatic heterocycles. The van der Waals surface area contributed by atoms with Crippen molar-refractivity contribution in [2.75, 3.05) is 32.8 Å². The molecule has 0 bridgehead atoms. The molecule has 1 aromatic carbocycles. The monoisotopic (exact) mass is 314 g/mol. The van der Waals surface area contributed by atoms with E-state index < -0.39 is 0 Å². The van der Waals surface area contributed by atoms with Crippen LogP contribution in [0, 0.1) is 11.8 Å². The van der Waals surface area contributed by atoms with Crippen LogP contribution in [0.4, 0.5) is 0 Å². The van der Waals surface area contributed by atoms with Gasteiger partial charge in [0.2, 0.25) is 0 Å². The van der Waals surface area contributed by atoms with Crippen molar-refractivity contribution in [1.29, 1.82) is 0 Å². The van der Waals surface area contributed by atoms with E-state index in [2.05, 4.69) is 17.1 Å². The molecular weight excluding hydrogens is 295 g/mol. The molecule has 3 atom stereocenters. The van der Waals surface area contributed by atoms with Crippen molar-refractivity contribution in [1.82, 2.24) is 10.2 Å². The van der Waals surface area contributed by atoms with Crippen molar-refractivity contribution in [2.24, 2.45) is 11.8 Å². The lowest BCUT2D eigenvalue weighted by Crippen LogP contribution is -2.36. The fourth-order valence-electron chi connectivity index (χ4n) is 3.44. The molecule has 2 aliphatic heterocycles. The number of rotatable bonds is 4. The number of fused-ring (bicyclic) bond motifs is 1. The maximum Gasteiger partial charge on any atom is 0.156 e. The molecular formula is C15H20Cl2N2O. The number of nitrogens with one attached hydrogen (secondary N) is 1. The molecule has 1 N–H and O–H groups in total. The van der Waals surface area contributed by atoms with Crippen molar-refractivity contribution in [3.63, 3.8) is 0 Å². The molecule has 5 heteroatoms. The van der Waals surface area contributed by atoms with Crippen molar-refractivity contribution in [3.8, 4) is 5.75 Å². The Kier molecular flexibility index (Phi) is 4.41. The highest BCUT2D eigenvalue weighted by Gasteiger charge is 2.41. The first-order valence-corrected chi connectivity index (χ1v) is 7.94. The average Bonchev–Trinajstić information content (AvgIpc) is 2.97. The second kappa shape index (κ2) is 6.10. The first kappa shape index (κ1) is 14.5. The summed E-state index contributed by atoms with van der Waals surface area (Å²) in [6.45, 7) is 7.34. The molecule has 2 saturated heterocycles. The van der Waals surface area contributed by atoms with Gasteiger partial charge in [-0.15, -0.1) is 0 Å². The van der Waals surface area contributed by atoms with E-state index in [4.69, 9.17) is 27.9 Å². The van der Waals surface area contributed by atoms with E-state index in [1.807, 2.05) is 6.07 Å². The van der Waals surface area contributed by atoms with Gasteiger partial charge in [-0.3, -0.25) is 4.90 Å². The van der Waals surface area contributed by atoms with Crippen LogP contribution in [0.2, 0.25) is 10.0 Å². The lowest BCUT2D eigenvalue weighted by atomic mass is 9.95. The van der Waals surface area contributed by atoms with Gasteiger partial charge in [-0.05, 0) is 44.0 Å². The zero-order chi connectivity index (χ0) is 14.1. The Labute approximate surface area is 130 Å². The van der Waals surface area contributed by atoms with E-state index in [0.717, 1.165) is 31.5 Å². The maximum absolute atomic E-state index is 6.10. The van der Waals surface area contributed by atoms with E-state index in [1.165, 1.54) is 6.54 Å². The highest BCUT2D eigenvalue weighted by Crippen LogP contribution is 2.34. The van der Waals surface area contributed by atoms with Crippen LogP contribution in [0.3, 0.4) is 0 Å². The molecule has 1 aromatic rings. The summed E-state index contributed by atoms with van der Waals surface area (Å²) in [6.07, 6.45) is 0. The molecule has 2 aliphatic rings. The number of hydrogen-bond acceptors (Lipinski definition) is 3. The topological polar surface area (TPSA) is 24.5 Å². The molecule has 3 rings (SSSR count). The summed E-state index contributed by atoms with van der Waals surface area (Å²) in [7, 11) is 0. The average molecular weight is 315 g/mol. The predicted octanol–water partition coefficient (Wildman–Crippen LogP) is 2.91. The van der Waals surface area contributed by atoms with Crippen LogP contribution >= 0.6 is 23.2 Å². The summed E-state index contributed by atoms with van der Waals surface area (Å²) in [5.74, 6) is 2.19. The number of halogens is 2. The minimum absolute atomic E-state index is 0.577. The highest BCUT2D eigenvalue weighted by atomic mass is 35.5. The van der Waals surface area contributed by atoms with Crippen LogP contribution in [0.15, 0.2) is 18.2 Å². The third-order valence-electron chi connectivity index (χ3n) is 4.60. The van der Waals surface area contributed by atoms with E-state index in [1.54, 1.807) is 12.1 Å². The second-order valence-corrected chi connectivity index (χ2v) is 6.53. The molecule has 3 unspecified atom stereocenters. The van der Waals surface area contributed by atoms with Gasteiger partial charge in [0.1, 0.15) is 6.61 Å². The van der Waals surface area contributed by atoms with Crippen molar-refractivity contribution >= 4 is 23.2 Å². The summed E-state index contributed by atoms with van der Waals surface area (Å²) in [4.78, 5) is 2.51. The molecule has 0 saturated carbocycles. The Morgan fingerprint density at radius 3 is 2.75 bits per heavy atom. The van der Waals surface area contributed by atoms with Gasteiger partial charge in [-0.25, -0.2) is 0 Å². The molecule has 2 heterocycles. The van der Waals surface area contributed by atoms with E-state index in [0.29, 0.717) is 28.4 Å². The van der Waals surface area contributed by atoms with Gasteiger partial charge in [-0.2, -0.15) is 0 Å². The number of likely N-dealkylation sites (tertiary alicyclic amines) is 1. The molecule has 20 heavy (non-hydrogen) atoms. The zero-order valence-corrected chi connectivity index (χ0v) is 13.1. The van der Waals surface area contributed by atoms with Crippen LogP contribution in [0.25, 0.3) is 0 Å². The Morgan fingerprint density at radius 2 is 2.05 bits per heavy atom. The van der Waals surface area contributed by atoms with Gasteiger partial charge in [0.25, 0.3) is 0 Å². The fraction of sp³-hybridized carbons (Fsp3) is 0.600. The summed E-state index contributed by atoms with van der Waals surface area (Å²) in [5, 5.41) is 4.63. The Balaban J connectivity index is 1.53. The first-order valence-electron chi connectivity index (χ1n) is 7.18. The van der Waals surface area contributed by atoms with E-state index in [-0.39, 0.29) is 0 Å². The quantitative estimate of drug-likeness (QED) is 0.925. The minimum atomic E-state index is 0.577. The predicted molar refractivity (Wildman–Crippen MR) is 82.8 cm³/mol. The minimum Gasteiger partial charge on any atom is -0.489 e. The third kappa shape index (κ3) is 2.77. The van der Waals surface area contributed by atoms with Crippen LogP contribution in [0.5, 0.6) is 5.75 Å². The van der Waals surface area contributed by atoms with E-state index >= 15 is 0 Å². The molecule has 0 spiro atoms. The number of para-hydroxylation sites is 1. The Hall–Kier alpha value is -0.480. The normalized spacial score (nSPS) is 29.6. The smallest absolute Gasteiger partial charge is 0.156 e. The number of ether oxygens (including phenoxy) is 1. The lowest BCUT2D eigenvalue weighted by Gasteiger charge is -2.24. The van der Waals surface area contributed by atoms with Gasteiger partial charge in [0.15, 0.2) is 5.75 Å². The number of benzene rings is 1. The van der Waals surface area contributed by atoms with E-state index in [9.17, 15) is 0 Å². The first-order chi connectivity index (χ1) is 9.66. The SMILES string of the molecule is CC1C2CNCC2CN1CCOc1c(Cl)cccc1Cl. The number of hydrogen-bond donors (Lipinski definition) is 1. The molecule has 2 fully saturated rings. The molecule has 0 amide bonds. The zero-order valence-electron chi connectivity index (χ0n) is 11.6. The van der Waals surface area contributed by atoms with Crippen molar-refractivity contribution in [3.05, 3.63) is 28.2 Å². The van der Waals surface area contributed by atoms with Crippen LogP contribution < -0.4 is 10.1 Å². The van der Waals surface area contributed by atoms with Crippen LogP contribution in [-0.4, -0.2) is 43.7 Å². The molecule has 0 radical (unpaired) electrons. The van der Waals surface area contributed by atoms with Gasteiger partial charge in [0.05, 0.1) is 10.0 Å². The Bertz CT molecular complexity index is 463. The Morgan fingerprint density at radius 1 is 1.30 bits per heavy atom. The third-order valence-corrected chi connectivity index (χ3v) is 5.20. The van der Waals surface area contributed by atoms with Gasteiger partial charge < -0.3 is 10.1 Å².